The number of para-hydroxylation sites is 1. The maximum atomic E-state index is 12.6. The zero-order chi connectivity index (χ0) is 13.4. The lowest BCUT2D eigenvalue weighted by molar-refractivity contribution is 0.0989. The third-order valence-electron chi connectivity index (χ3n) is 3.29. The van der Waals surface area contributed by atoms with E-state index in [1.807, 2.05) is 24.3 Å². The van der Waals surface area contributed by atoms with E-state index in [2.05, 4.69) is 22.0 Å². The van der Waals surface area contributed by atoms with E-state index in [0.717, 1.165) is 16.6 Å². The van der Waals surface area contributed by atoms with E-state index < -0.39 is 0 Å². The van der Waals surface area contributed by atoms with Gasteiger partial charge in [-0.15, -0.1) is 0 Å². The molecule has 1 amide bonds. The van der Waals surface area contributed by atoms with E-state index in [4.69, 9.17) is 11.6 Å². The molecular formula is C15H11BrClNO. The number of hydrogen-bond donors (Lipinski definition) is 0. The first-order valence-electron chi connectivity index (χ1n) is 6.01. The first-order chi connectivity index (χ1) is 9.16. The number of halogens is 2. The van der Waals surface area contributed by atoms with Crippen LogP contribution in [0.2, 0.25) is 5.02 Å². The van der Waals surface area contributed by atoms with Crippen LogP contribution in [0.15, 0.2) is 46.9 Å². The van der Waals surface area contributed by atoms with Gasteiger partial charge in [0.1, 0.15) is 0 Å². The van der Waals surface area contributed by atoms with Gasteiger partial charge >= 0.3 is 0 Å². The van der Waals surface area contributed by atoms with Gasteiger partial charge in [0.2, 0.25) is 0 Å². The first kappa shape index (κ1) is 12.7. The number of carbonyl (C=O) groups is 1. The molecule has 0 unspecified atom stereocenters. The Morgan fingerprint density at radius 1 is 1.21 bits per heavy atom. The maximum Gasteiger partial charge on any atom is 0.259 e. The molecule has 19 heavy (non-hydrogen) atoms. The Labute approximate surface area is 125 Å². The Balaban J connectivity index is 2.00. The van der Waals surface area contributed by atoms with Gasteiger partial charge in [-0.3, -0.25) is 4.79 Å². The Kier molecular flexibility index (Phi) is 3.33. The van der Waals surface area contributed by atoms with Crippen molar-refractivity contribution in [2.75, 3.05) is 11.4 Å². The molecule has 0 radical (unpaired) electrons. The summed E-state index contributed by atoms with van der Waals surface area (Å²) in [5.41, 5.74) is 2.73. The molecule has 0 N–H and O–H groups in total. The summed E-state index contributed by atoms with van der Waals surface area (Å²) in [6.07, 6.45) is 0.896. The smallest absolute Gasteiger partial charge is 0.259 e. The molecule has 4 heteroatoms. The zero-order valence-corrected chi connectivity index (χ0v) is 12.4. The average molecular weight is 337 g/mol. The van der Waals surface area contributed by atoms with Gasteiger partial charge in [0.15, 0.2) is 0 Å². The summed E-state index contributed by atoms with van der Waals surface area (Å²) in [6, 6.07) is 13.3. The molecule has 0 bridgehead atoms. The van der Waals surface area contributed by atoms with E-state index in [-0.39, 0.29) is 5.91 Å². The molecule has 2 aromatic carbocycles. The van der Waals surface area contributed by atoms with Crippen molar-refractivity contribution in [3.8, 4) is 0 Å². The second kappa shape index (κ2) is 4.99. The number of fused-ring (bicyclic) bond motifs is 1. The molecule has 1 heterocycles. The first-order valence-corrected chi connectivity index (χ1v) is 7.19. The number of anilines is 1. The molecule has 3 rings (SSSR count). The van der Waals surface area contributed by atoms with Gasteiger partial charge in [-0.1, -0.05) is 45.7 Å². The molecular weight excluding hydrogens is 326 g/mol. The maximum absolute atomic E-state index is 12.6. The molecule has 0 aromatic heterocycles. The molecule has 0 saturated carbocycles. The zero-order valence-electron chi connectivity index (χ0n) is 10.1. The Morgan fingerprint density at radius 2 is 2.00 bits per heavy atom. The summed E-state index contributed by atoms with van der Waals surface area (Å²) in [4.78, 5) is 14.4. The van der Waals surface area contributed by atoms with Crippen LogP contribution < -0.4 is 4.90 Å². The SMILES string of the molecule is O=C(c1cc(Br)ccc1Cl)N1CCc2ccccc21. The fourth-order valence-corrected chi connectivity index (χ4v) is 2.92. The molecule has 1 aliphatic rings. The number of rotatable bonds is 1. The largest absolute Gasteiger partial charge is 0.308 e. The van der Waals surface area contributed by atoms with Crippen molar-refractivity contribution in [1.82, 2.24) is 0 Å². The highest BCUT2D eigenvalue weighted by atomic mass is 79.9. The lowest BCUT2D eigenvalue weighted by Crippen LogP contribution is -2.29. The number of hydrogen-bond acceptors (Lipinski definition) is 1. The topological polar surface area (TPSA) is 20.3 Å². The molecule has 0 saturated heterocycles. The number of benzene rings is 2. The van der Waals surface area contributed by atoms with Crippen molar-refractivity contribution in [3.05, 3.63) is 63.1 Å². The van der Waals surface area contributed by atoms with Gasteiger partial charge < -0.3 is 4.90 Å². The van der Waals surface area contributed by atoms with Crippen molar-refractivity contribution >= 4 is 39.1 Å². The Morgan fingerprint density at radius 3 is 2.84 bits per heavy atom. The van der Waals surface area contributed by atoms with Gasteiger partial charge in [0, 0.05) is 16.7 Å². The lowest BCUT2D eigenvalue weighted by atomic mass is 10.1. The highest BCUT2D eigenvalue weighted by Gasteiger charge is 2.26. The van der Waals surface area contributed by atoms with Crippen LogP contribution in [0, 0.1) is 0 Å². The van der Waals surface area contributed by atoms with Crippen molar-refractivity contribution < 1.29 is 4.79 Å². The van der Waals surface area contributed by atoms with Crippen LogP contribution in [-0.4, -0.2) is 12.5 Å². The molecule has 0 atom stereocenters. The highest BCUT2D eigenvalue weighted by Crippen LogP contribution is 2.31. The molecule has 0 spiro atoms. The highest BCUT2D eigenvalue weighted by molar-refractivity contribution is 9.10. The summed E-state index contributed by atoms with van der Waals surface area (Å²) in [5.74, 6) is -0.0451. The second-order valence-electron chi connectivity index (χ2n) is 4.46. The minimum absolute atomic E-state index is 0.0451. The van der Waals surface area contributed by atoms with Gasteiger partial charge in [-0.2, -0.15) is 0 Å². The Bertz CT molecular complexity index is 656. The molecule has 2 nitrogen and oxygen atoms in total. The van der Waals surface area contributed by atoms with Crippen LogP contribution in [0.5, 0.6) is 0 Å². The number of amides is 1. The third kappa shape index (κ3) is 2.28. The normalized spacial score (nSPS) is 13.5. The minimum atomic E-state index is -0.0451. The quantitative estimate of drug-likeness (QED) is 0.760. The van der Waals surface area contributed by atoms with Crippen molar-refractivity contribution in [2.24, 2.45) is 0 Å². The second-order valence-corrected chi connectivity index (χ2v) is 5.78. The monoisotopic (exact) mass is 335 g/mol. The molecule has 0 aliphatic carbocycles. The third-order valence-corrected chi connectivity index (χ3v) is 4.11. The predicted molar refractivity (Wildman–Crippen MR) is 81.0 cm³/mol. The molecule has 1 aliphatic heterocycles. The van der Waals surface area contributed by atoms with Crippen LogP contribution in [0.25, 0.3) is 0 Å². The van der Waals surface area contributed by atoms with Crippen molar-refractivity contribution in [1.29, 1.82) is 0 Å². The van der Waals surface area contributed by atoms with Crippen LogP contribution >= 0.6 is 27.5 Å². The van der Waals surface area contributed by atoms with Crippen molar-refractivity contribution in [3.63, 3.8) is 0 Å². The van der Waals surface area contributed by atoms with E-state index in [9.17, 15) is 4.79 Å². The summed E-state index contributed by atoms with van der Waals surface area (Å²) in [7, 11) is 0. The lowest BCUT2D eigenvalue weighted by Gasteiger charge is -2.18. The van der Waals surface area contributed by atoms with Gasteiger partial charge in [0.05, 0.1) is 10.6 Å². The summed E-state index contributed by atoms with van der Waals surface area (Å²) >= 11 is 9.50. The Hall–Kier alpha value is -1.32. The van der Waals surface area contributed by atoms with E-state index in [0.29, 0.717) is 17.1 Å². The summed E-state index contributed by atoms with van der Waals surface area (Å²) in [6.45, 7) is 0.709. The number of carbonyl (C=O) groups excluding carboxylic acids is 1. The predicted octanol–water partition coefficient (Wildman–Crippen LogP) is 4.31. The molecule has 2 aromatic rings. The molecule has 0 fully saturated rings. The van der Waals surface area contributed by atoms with Crippen LogP contribution in [0.1, 0.15) is 15.9 Å². The van der Waals surface area contributed by atoms with Gasteiger partial charge in [-0.05, 0) is 36.2 Å². The standard InChI is InChI=1S/C15H11BrClNO/c16-11-5-6-13(17)12(9-11)15(19)18-8-7-10-3-1-2-4-14(10)18/h1-6,9H,7-8H2. The number of nitrogens with zero attached hydrogens (tertiary/aromatic N) is 1. The summed E-state index contributed by atoms with van der Waals surface area (Å²) in [5, 5.41) is 0.484. The minimum Gasteiger partial charge on any atom is -0.308 e. The van der Waals surface area contributed by atoms with E-state index in [1.54, 1.807) is 17.0 Å². The molecule has 96 valence electrons. The average Bonchev–Trinajstić information content (AvgIpc) is 2.84. The fraction of sp³-hybridized carbons (Fsp3) is 0.133. The van der Waals surface area contributed by atoms with Gasteiger partial charge in [-0.25, -0.2) is 0 Å². The van der Waals surface area contributed by atoms with E-state index >= 15 is 0 Å². The summed E-state index contributed by atoms with van der Waals surface area (Å²) < 4.78 is 0.854. The van der Waals surface area contributed by atoms with Crippen molar-refractivity contribution in [2.45, 2.75) is 6.42 Å². The fourth-order valence-electron chi connectivity index (χ4n) is 2.36. The van der Waals surface area contributed by atoms with Crippen LogP contribution in [0.3, 0.4) is 0 Å². The van der Waals surface area contributed by atoms with Crippen LogP contribution in [-0.2, 0) is 6.42 Å². The van der Waals surface area contributed by atoms with Gasteiger partial charge in [0.25, 0.3) is 5.91 Å². The van der Waals surface area contributed by atoms with E-state index in [1.165, 1.54) is 5.56 Å². The van der Waals surface area contributed by atoms with Crippen LogP contribution in [0.4, 0.5) is 5.69 Å².